The van der Waals surface area contributed by atoms with Crippen LogP contribution in [-0.4, -0.2) is 20.4 Å². The summed E-state index contributed by atoms with van der Waals surface area (Å²) in [6.45, 7) is 3.72. The lowest BCUT2D eigenvalue weighted by molar-refractivity contribution is 0.102. The molecule has 0 unspecified atom stereocenters. The number of hydrogen-bond donors (Lipinski definition) is 2. The molecule has 0 spiro atoms. The van der Waals surface area contributed by atoms with Gasteiger partial charge in [-0.25, -0.2) is 13.1 Å². The first-order chi connectivity index (χ1) is 12.8. The molecule has 0 aromatic heterocycles. The van der Waals surface area contributed by atoms with E-state index in [1.807, 2.05) is 31.2 Å². The minimum Gasteiger partial charge on any atom is -0.322 e. The van der Waals surface area contributed by atoms with Gasteiger partial charge in [-0.3, -0.25) is 4.79 Å². The van der Waals surface area contributed by atoms with E-state index in [4.69, 9.17) is 0 Å². The van der Waals surface area contributed by atoms with Gasteiger partial charge in [-0.1, -0.05) is 43.0 Å². The second-order valence-electron chi connectivity index (χ2n) is 7.26. The van der Waals surface area contributed by atoms with Crippen LogP contribution in [0, 0.1) is 13.8 Å². The summed E-state index contributed by atoms with van der Waals surface area (Å²) in [5.41, 5.74) is 2.73. The lowest BCUT2D eigenvalue weighted by atomic mass is 9.96. The molecule has 144 valence electrons. The number of benzene rings is 2. The van der Waals surface area contributed by atoms with Gasteiger partial charge in [-0.15, -0.1) is 0 Å². The molecule has 1 amide bonds. The Balaban J connectivity index is 1.80. The molecule has 3 rings (SSSR count). The normalized spacial score (nSPS) is 15.5. The predicted molar refractivity (Wildman–Crippen MR) is 108 cm³/mol. The highest BCUT2D eigenvalue weighted by molar-refractivity contribution is 7.89. The number of carbonyl (C=O) groups is 1. The van der Waals surface area contributed by atoms with Crippen molar-refractivity contribution in [2.24, 2.45) is 0 Å². The molecule has 2 N–H and O–H groups in total. The Labute approximate surface area is 161 Å². The number of amides is 1. The third-order valence-electron chi connectivity index (χ3n) is 4.98. The summed E-state index contributed by atoms with van der Waals surface area (Å²) in [6, 6.07) is 12.2. The molecular formula is C21H26N2O3S. The molecule has 2 aromatic carbocycles. The van der Waals surface area contributed by atoms with Gasteiger partial charge in [-0.05, 0) is 56.5 Å². The molecule has 0 aliphatic heterocycles. The monoisotopic (exact) mass is 386 g/mol. The van der Waals surface area contributed by atoms with Gasteiger partial charge < -0.3 is 5.32 Å². The van der Waals surface area contributed by atoms with Crippen LogP contribution in [0.15, 0.2) is 47.4 Å². The number of carbonyl (C=O) groups excluding carboxylic acids is 1. The zero-order valence-corrected chi connectivity index (χ0v) is 16.6. The van der Waals surface area contributed by atoms with Gasteiger partial charge >= 0.3 is 0 Å². The van der Waals surface area contributed by atoms with Gasteiger partial charge in [0.15, 0.2) is 0 Å². The summed E-state index contributed by atoms with van der Waals surface area (Å²) < 4.78 is 28.5. The minimum absolute atomic E-state index is 0.0202. The van der Waals surface area contributed by atoms with E-state index in [0.29, 0.717) is 16.8 Å². The van der Waals surface area contributed by atoms with Crippen molar-refractivity contribution in [2.75, 3.05) is 5.32 Å². The van der Waals surface area contributed by atoms with Crippen LogP contribution in [0.5, 0.6) is 0 Å². The van der Waals surface area contributed by atoms with Crippen LogP contribution < -0.4 is 10.0 Å². The van der Waals surface area contributed by atoms with E-state index in [0.717, 1.165) is 37.7 Å². The molecule has 0 heterocycles. The van der Waals surface area contributed by atoms with Crippen molar-refractivity contribution < 1.29 is 13.2 Å². The molecule has 27 heavy (non-hydrogen) atoms. The number of rotatable bonds is 5. The summed E-state index contributed by atoms with van der Waals surface area (Å²) in [5.74, 6) is -0.326. The Hall–Kier alpha value is -2.18. The van der Waals surface area contributed by atoms with Gasteiger partial charge in [-0.2, -0.15) is 0 Å². The summed E-state index contributed by atoms with van der Waals surface area (Å²) in [6.07, 6.45) is 4.99. The molecule has 6 heteroatoms. The highest BCUT2D eigenvalue weighted by Gasteiger charge is 2.24. The smallest absolute Gasteiger partial charge is 0.255 e. The maximum Gasteiger partial charge on any atom is 0.255 e. The maximum absolute atomic E-state index is 12.8. The first-order valence-corrected chi connectivity index (χ1v) is 10.8. The molecular weight excluding hydrogens is 360 g/mol. The fourth-order valence-corrected chi connectivity index (χ4v) is 4.95. The van der Waals surface area contributed by atoms with Gasteiger partial charge in [0.05, 0.1) is 4.90 Å². The molecule has 0 atom stereocenters. The average molecular weight is 387 g/mol. The van der Waals surface area contributed by atoms with E-state index >= 15 is 0 Å². The minimum atomic E-state index is -3.66. The maximum atomic E-state index is 12.8. The molecule has 0 radical (unpaired) electrons. The lowest BCUT2D eigenvalue weighted by Gasteiger charge is -2.23. The van der Waals surface area contributed by atoms with Gasteiger partial charge in [0.25, 0.3) is 5.91 Å². The Bertz CT molecular complexity index is 915. The molecule has 1 saturated carbocycles. The zero-order valence-electron chi connectivity index (χ0n) is 15.8. The van der Waals surface area contributed by atoms with Crippen molar-refractivity contribution in [1.29, 1.82) is 0 Å². The summed E-state index contributed by atoms with van der Waals surface area (Å²) in [5, 5.41) is 2.81. The number of sulfonamides is 1. The van der Waals surface area contributed by atoms with E-state index in [2.05, 4.69) is 10.0 Å². The van der Waals surface area contributed by atoms with Gasteiger partial charge in [0.2, 0.25) is 10.0 Å². The van der Waals surface area contributed by atoms with Gasteiger partial charge in [0, 0.05) is 17.3 Å². The second-order valence-corrected chi connectivity index (χ2v) is 8.94. The Morgan fingerprint density at radius 1 is 0.963 bits per heavy atom. The molecule has 0 saturated heterocycles. The van der Waals surface area contributed by atoms with Crippen LogP contribution in [0.4, 0.5) is 5.69 Å². The first-order valence-electron chi connectivity index (χ1n) is 9.36. The van der Waals surface area contributed by atoms with Crippen LogP contribution in [0.2, 0.25) is 0 Å². The van der Waals surface area contributed by atoms with E-state index in [1.165, 1.54) is 6.07 Å². The van der Waals surface area contributed by atoms with Gasteiger partial charge in [0.1, 0.15) is 0 Å². The molecule has 1 aliphatic rings. The quantitative estimate of drug-likeness (QED) is 0.810. The summed E-state index contributed by atoms with van der Waals surface area (Å²) >= 11 is 0. The number of hydrogen-bond acceptors (Lipinski definition) is 3. The topological polar surface area (TPSA) is 75.3 Å². The van der Waals surface area contributed by atoms with Crippen molar-refractivity contribution in [3.63, 3.8) is 0 Å². The Morgan fingerprint density at radius 3 is 2.30 bits per heavy atom. The summed E-state index contributed by atoms with van der Waals surface area (Å²) in [7, 11) is -3.66. The summed E-state index contributed by atoms with van der Waals surface area (Å²) in [4.78, 5) is 12.7. The van der Waals surface area contributed by atoms with E-state index < -0.39 is 10.0 Å². The molecule has 5 nitrogen and oxygen atoms in total. The zero-order chi connectivity index (χ0) is 19.4. The van der Waals surface area contributed by atoms with Crippen LogP contribution in [0.25, 0.3) is 0 Å². The predicted octanol–water partition coefficient (Wildman–Crippen LogP) is 4.17. The average Bonchev–Trinajstić information content (AvgIpc) is 2.64. The second kappa shape index (κ2) is 8.23. The molecule has 2 aromatic rings. The van der Waals surface area contributed by atoms with Crippen molar-refractivity contribution >= 4 is 21.6 Å². The SMILES string of the molecule is Cc1ccc(NC(=O)c2ccc(C)c(S(=O)(=O)NC3CCCCC3)c2)cc1. The van der Waals surface area contributed by atoms with E-state index in [1.54, 1.807) is 19.1 Å². The fourth-order valence-electron chi connectivity index (χ4n) is 3.37. The van der Waals surface area contributed by atoms with E-state index in [-0.39, 0.29) is 16.8 Å². The first kappa shape index (κ1) is 19.6. The van der Waals surface area contributed by atoms with Crippen molar-refractivity contribution in [1.82, 2.24) is 4.72 Å². The third kappa shape index (κ3) is 4.96. The van der Waals surface area contributed by atoms with Crippen molar-refractivity contribution in [3.05, 3.63) is 59.2 Å². The van der Waals surface area contributed by atoms with Crippen LogP contribution >= 0.6 is 0 Å². The van der Waals surface area contributed by atoms with Crippen molar-refractivity contribution in [3.8, 4) is 0 Å². The highest BCUT2D eigenvalue weighted by Crippen LogP contribution is 2.23. The van der Waals surface area contributed by atoms with Crippen molar-refractivity contribution in [2.45, 2.75) is 56.9 Å². The van der Waals surface area contributed by atoms with E-state index in [9.17, 15) is 13.2 Å². The Kier molecular flexibility index (Phi) is 5.97. The largest absolute Gasteiger partial charge is 0.322 e. The molecule has 0 bridgehead atoms. The van der Waals surface area contributed by atoms with Crippen LogP contribution in [0.1, 0.15) is 53.6 Å². The molecule has 1 fully saturated rings. The highest BCUT2D eigenvalue weighted by atomic mass is 32.2. The third-order valence-corrected chi connectivity index (χ3v) is 6.64. The number of anilines is 1. The van der Waals surface area contributed by atoms with Crippen LogP contribution in [-0.2, 0) is 10.0 Å². The Morgan fingerprint density at radius 2 is 1.63 bits per heavy atom. The lowest BCUT2D eigenvalue weighted by Crippen LogP contribution is -2.36. The molecule has 1 aliphatic carbocycles. The number of nitrogens with one attached hydrogen (secondary N) is 2. The number of aryl methyl sites for hydroxylation is 2. The van der Waals surface area contributed by atoms with Crippen LogP contribution in [0.3, 0.4) is 0 Å². The fraction of sp³-hybridized carbons (Fsp3) is 0.381. The standard InChI is InChI=1S/C21H26N2O3S/c1-15-8-12-18(13-9-15)22-21(24)17-11-10-16(2)20(14-17)27(25,26)23-19-6-4-3-5-7-19/h8-14,19,23H,3-7H2,1-2H3,(H,22,24).